The van der Waals surface area contributed by atoms with Gasteiger partial charge in [-0.3, -0.25) is 10.1 Å². The number of aromatic nitrogens is 5. The number of amides is 1. The molecule has 0 aliphatic carbocycles. The first-order valence-corrected chi connectivity index (χ1v) is 13.7. The van der Waals surface area contributed by atoms with Gasteiger partial charge in [0.15, 0.2) is 4.34 Å². The summed E-state index contributed by atoms with van der Waals surface area (Å²) >= 11 is 9.06. The molecule has 4 rings (SSSR count). The van der Waals surface area contributed by atoms with Crippen molar-refractivity contribution in [2.45, 2.75) is 15.2 Å². The first-order valence-electron chi connectivity index (χ1n) is 9.23. The number of hydrogen-bond donors (Lipinski definition) is 3. The Morgan fingerprint density at radius 3 is 2.94 bits per heavy atom. The largest absolute Gasteiger partial charge is 0.334 e. The van der Waals surface area contributed by atoms with Gasteiger partial charge in [-0.05, 0) is 29.1 Å². The van der Waals surface area contributed by atoms with E-state index in [0.717, 1.165) is 31.2 Å². The lowest BCUT2D eigenvalue weighted by atomic mass is 10.2. The van der Waals surface area contributed by atoms with E-state index >= 15 is 0 Å². The van der Waals surface area contributed by atoms with Crippen molar-refractivity contribution in [3.8, 4) is 0 Å². The van der Waals surface area contributed by atoms with Gasteiger partial charge in [0.2, 0.25) is 16.2 Å². The smallest absolute Gasteiger partial charge is 0.264 e. The van der Waals surface area contributed by atoms with E-state index in [4.69, 9.17) is 5.84 Å². The molecule has 0 saturated carbocycles. The molecule has 1 amide bonds. The van der Waals surface area contributed by atoms with Crippen molar-refractivity contribution in [1.82, 2.24) is 25.1 Å². The van der Waals surface area contributed by atoms with Crippen molar-refractivity contribution in [1.29, 1.82) is 0 Å². The molecule has 4 N–H and O–H groups in total. The molecule has 0 atom stereocenters. The number of nitrogens with one attached hydrogen (secondary N) is 2. The highest BCUT2D eigenvalue weighted by Crippen LogP contribution is 2.29. The quantitative estimate of drug-likeness (QED) is 0.0829. The third kappa shape index (κ3) is 7.01. The second-order valence-corrected chi connectivity index (χ2v) is 11.2. The Kier molecular flexibility index (Phi) is 8.33. The molecule has 0 spiro atoms. The van der Waals surface area contributed by atoms with E-state index in [1.807, 2.05) is 35.7 Å². The maximum Gasteiger partial charge on any atom is 0.264 e. The predicted molar refractivity (Wildman–Crippen MR) is 139 cm³/mol. The van der Waals surface area contributed by atoms with Crippen molar-refractivity contribution in [3.05, 3.63) is 56.7 Å². The average molecular weight is 583 g/mol. The first-order chi connectivity index (χ1) is 16.1. The van der Waals surface area contributed by atoms with E-state index in [-0.39, 0.29) is 17.6 Å². The van der Waals surface area contributed by atoms with Gasteiger partial charge in [0, 0.05) is 15.1 Å². The highest BCUT2D eigenvalue weighted by molar-refractivity contribution is 9.10. The summed E-state index contributed by atoms with van der Waals surface area (Å²) in [6.07, 6.45) is 1.66. The lowest BCUT2D eigenvalue weighted by molar-refractivity contribution is -0.113. The minimum Gasteiger partial charge on any atom is -0.334 e. The monoisotopic (exact) mass is 581 g/mol. The van der Waals surface area contributed by atoms with Crippen molar-refractivity contribution >= 4 is 85.3 Å². The van der Waals surface area contributed by atoms with Gasteiger partial charge in [-0.15, -0.1) is 31.7 Å². The number of nitrogens with zero attached hydrogens (tertiary/aromatic N) is 6. The number of nitrogen functional groups attached to an aromatic ring is 1. The molecule has 15 heteroatoms. The van der Waals surface area contributed by atoms with Crippen LogP contribution in [0.4, 0.5) is 11.1 Å². The Bertz CT molecular complexity index is 1240. The zero-order valence-corrected chi connectivity index (χ0v) is 21.6. The molecule has 0 saturated heterocycles. The fraction of sp³-hybridized carbons (Fsp3) is 0.111. The van der Waals surface area contributed by atoms with Crippen LogP contribution in [0.3, 0.4) is 0 Å². The highest BCUT2D eigenvalue weighted by atomic mass is 79.9. The Morgan fingerprint density at radius 2 is 2.12 bits per heavy atom. The van der Waals surface area contributed by atoms with Crippen molar-refractivity contribution in [3.63, 3.8) is 0 Å². The highest BCUT2D eigenvalue weighted by Gasteiger charge is 2.14. The Morgan fingerprint density at radius 1 is 1.21 bits per heavy atom. The molecule has 1 aromatic carbocycles. The number of halogens is 1. The molecule has 0 unspecified atom stereocenters. The summed E-state index contributed by atoms with van der Waals surface area (Å²) in [6, 6.07) is 11.9. The van der Waals surface area contributed by atoms with Crippen LogP contribution < -0.4 is 16.6 Å². The summed E-state index contributed by atoms with van der Waals surface area (Å²) in [5.41, 5.74) is 3.90. The van der Waals surface area contributed by atoms with Gasteiger partial charge >= 0.3 is 0 Å². The fourth-order valence-corrected chi connectivity index (χ4v) is 5.75. The number of thioether (sulfide) groups is 2. The minimum absolute atomic E-state index is 0.0912. The second-order valence-electron chi connectivity index (χ2n) is 6.19. The van der Waals surface area contributed by atoms with Gasteiger partial charge in [-0.25, -0.2) is 10.1 Å². The van der Waals surface area contributed by atoms with Gasteiger partial charge < -0.3 is 5.84 Å². The third-order valence-electron chi connectivity index (χ3n) is 3.80. The van der Waals surface area contributed by atoms with Gasteiger partial charge in [0.25, 0.3) is 5.95 Å². The molecule has 0 bridgehead atoms. The number of anilines is 2. The second kappa shape index (κ2) is 11.6. The van der Waals surface area contributed by atoms with Crippen LogP contribution in [0, 0.1) is 0 Å². The van der Waals surface area contributed by atoms with E-state index in [1.54, 1.807) is 29.3 Å². The minimum atomic E-state index is -0.243. The number of rotatable bonds is 10. The summed E-state index contributed by atoms with van der Waals surface area (Å²) < 4.78 is 3.05. The topological polar surface area (TPSA) is 136 Å². The van der Waals surface area contributed by atoms with Crippen LogP contribution in [0.25, 0.3) is 0 Å². The lowest BCUT2D eigenvalue weighted by Gasteiger charge is -2.02. The number of nitrogens with two attached hydrogens (primary N) is 1. The van der Waals surface area contributed by atoms with Gasteiger partial charge in [-0.1, -0.05) is 69.0 Å². The number of carbonyl (C=O) groups is 1. The Hall–Kier alpha value is -2.46. The lowest BCUT2D eigenvalue weighted by Crippen LogP contribution is -2.16. The standard InChI is InChI=1S/C18H16BrN9OS4/c19-12-4-1-3-11(7-12)9-32-18-27-25-16(33-18)22-14(29)10-31-17-26-24-15(28(17)20)23-21-8-13-5-2-6-30-13/h1-8H,9-10,20H2,(H,23,24)(H,22,25,29)/b21-8+. The Labute approximate surface area is 213 Å². The molecular weight excluding hydrogens is 566 g/mol. The number of thiophene rings is 1. The maximum atomic E-state index is 12.3. The molecule has 0 aliphatic rings. The number of carbonyl (C=O) groups excluding carboxylic acids is 1. The van der Waals surface area contributed by atoms with Crippen LogP contribution >= 0.6 is 62.1 Å². The van der Waals surface area contributed by atoms with Crippen LogP contribution in [-0.4, -0.2) is 42.9 Å². The van der Waals surface area contributed by atoms with Crippen molar-refractivity contribution < 1.29 is 4.79 Å². The number of hydrazone groups is 1. The molecule has 0 aliphatic heterocycles. The van der Waals surface area contributed by atoms with E-state index in [1.165, 1.54) is 21.6 Å². The molecular formula is C18H16BrN9OS4. The Balaban J connectivity index is 1.23. The average Bonchev–Trinajstić information content (AvgIpc) is 3.54. The number of hydrogen-bond acceptors (Lipinski definition) is 12. The fourth-order valence-electron chi connectivity index (χ4n) is 2.35. The zero-order valence-electron chi connectivity index (χ0n) is 16.7. The van der Waals surface area contributed by atoms with Gasteiger partial charge in [-0.2, -0.15) is 5.10 Å². The molecule has 33 heavy (non-hydrogen) atoms. The summed E-state index contributed by atoms with van der Waals surface area (Å²) in [6.45, 7) is 0. The van der Waals surface area contributed by atoms with E-state index in [2.05, 4.69) is 58.2 Å². The summed E-state index contributed by atoms with van der Waals surface area (Å²) in [5, 5.41) is 25.7. The zero-order chi connectivity index (χ0) is 23.0. The SMILES string of the molecule is Nn1c(N/N=C/c2cccs2)nnc1SCC(=O)Nc1nnc(SCc2cccc(Br)c2)s1. The third-order valence-corrected chi connectivity index (χ3v) is 8.09. The van der Waals surface area contributed by atoms with E-state index in [9.17, 15) is 4.79 Å². The molecule has 3 heterocycles. The van der Waals surface area contributed by atoms with Crippen molar-refractivity contribution in [2.24, 2.45) is 5.10 Å². The molecule has 0 radical (unpaired) electrons. The van der Waals surface area contributed by atoms with Crippen LogP contribution in [0.5, 0.6) is 0 Å². The van der Waals surface area contributed by atoms with Crippen LogP contribution in [0.1, 0.15) is 10.4 Å². The molecule has 10 nitrogen and oxygen atoms in total. The summed E-state index contributed by atoms with van der Waals surface area (Å²) in [5.74, 6) is 6.85. The summed E-state index contributed by atoms with van der Waals surface area (Å²) in [7, 11) is 0. The van der Waals surface area contributed by atoms with Crippen molar-refractivity contribution in [2.75, 3.05) is 22.3 Å². The molecule has 170 valence electrons. The normalized spacial score (nSPS) is 11.2. The number of benzene rings is 1. The predicted octanol–water partition coefficient (Wildman–Crippen LogP) is 4.14. The summed E-state index contributed by atoms with van der Waals surface area (Å²) in [4.78, 5) is 13.3. The molecule has 4 aromatic rings. The van der Waals surface area contributed by atoms with Crippen LogP contribution in [-0.2, 0) is 10.5 Å². The first kappa shape index (κ1) is 23.7. The van der Waals surface area contributed by atoms with Crippen LogP contribution in [0.15, 0.2) is 60.8 Å². The van der Waals surface area contributed by atoms with Gasteiger partial charge in [0.1, 0.15) is 0 Å². The van der Waals surface area contributed by atoms with Crippen LogP contribution in [0.2, 0.25) is 0 Å². The molecule has 3 aromatic heterocycles. The maximum absolute atomic E-state index is 12.3. The van der Waals surface area contributed by atoms with E-state index < -0.39 is 0 Å². The van der Waals surface area contributed by atoms with Gasteiger partial charge in [0.05, 0.1) is 12.0 Å². The van der Waals surface area contributed by atoms with E-state index in [0.29, 0.717) is 10.3 Å². The molecule has 0 fully saturated rings.